The van der Waals surface area contributed by atoms with Gasteiger partial charge in [0.15, 0.2) is 0 Å². The fourth-order valence-corrected chi connectivity index (χ4v) is 3.91. The normalized spacial score (nSPS) is 22.4. The van der Waals surface area contributed by atoms with Crippen LogP contribution in [0.1, 0.15) is 22.9 Å². The van der Waals surface area contributed by atoms with Crippen LogP contribution in [0.15, 0.2) is 52.7 Å². The van der Waals surface area contributed by atoms with E-state index >= 15 is 0 Å². The van der Waals surface area contributed by atoms with E-state index in [1.165, 1.54) is 16.1 Å². The summed E-state index contributed by atoms with van der Waals surface area (Å²) in [7, 11) is 0. The van der Waals surface area contributed by atoms with Crippen molar-refractivity contribution < 1.29 is 28.7 Å². The summed E-state index contributed by atoms with van der Waals surface area (Å²) in [5.74, 6) is -0.991. The summed E-state index contributed by atoms with van der Waals surface area (Å²) in [5.41, 5.74) is 1.62. The Morgan fingerprint density at radius 3 is 2.55 bits per heavy atom. The molecule has 0 bridgehead atoms. The van der Waals surface area contributed by atoms with Gasteiger partial charge in [-0.15, -0.1) is 0 Å². The first-order chi connectivity index (χ1) is 14.1. The molecule has 1 atom stereocenters. The Morgan fingerprint density at radius 2 is 1.90 bits per heavy atom. The van der Waals surface area contributed by atoms with Gasteiger partial charge in [0.2, 0.25) is 0 Å². The zero-order valence-electron chi connectivity index (χ0n) is 16.4. The van der Waals surface area contributed by atoms with Crippen molar-refractivity contribution in [1.29, 1.82) is 0 Å². The van der Waals surface area contributed by atoms with Gasteiger partial charge in [-0.2, -0.15) is 0 Å². The van der Waals surface area contributed by atoms with Crippen molar-refractivity contribution in [2.24, 2.45) is 0 Å². The minimum absolute atomic E-state index is 0.0748. The van der Waals surface area contributed by atoms with E-state index in [1.807, 2.05) is 19.1 Å². The molecule has 1 aromatic carbocycles. The number of furan rings is 1. The van der Waals surface area contributed by atoms with Gasteiger partial charge in [0, 0.05) is 5.56 Å². The topological polar surface area (TPSA) is 84.4 Å². The number of likely N-dealkylation sites (tertiary alicyclic amines) is 1. The summed E-state index contributed by atoms with van der Waals surface area (Å²) in [4.78, 5) is 28.6. The van der Waals surface area contributed by atoms with E-state index in [-0.39, 0.29) is 11.3 Å². The maximum absolute atomic E-state index is 12.9. The van der Waals surface area contributed by atoms with Gasteiger partial charge in [-0.05, 0) is 19.1 Å². The third kappa shape index (κ3) is 3.83. The molecule has 2 fully saturated rings. The monoisotopic (exact) mass is 397 g/mol. The lowest BCUT2D eigenvalue weighted by atomic mass is 9.99. The lowest BCUT2D eigenvalue weighted by Gasteiger charge is -2.28. The predicted octanol–water partition coefficient (Wildman–Crippen LogP) is 0.925. The molecule has 2 saturated heterocycles. The number of carbonyl (C=O) groups excluding carboxylic acids is 2. The van der Waals surface area contributed by atoms with Crippen molar-refractivity contribution in [2.45, 2.75) is 13.0 Å². The summed E-state index contributed by atoms with van der Waals surface area (Å²) in [5, 5.41) is 10.9. The maximum Gasteiger partial charge on any atom is 0.295 e. The molecule has 7 heteroatoms. The number of rotatable bonds is 5. The first kappa shape index (κ1) is 19.4. The number of aryl methyl sites for hydroxylation is 1. The first-order valence-electron chi connectivity index (χ1n) is 9.86. The van der Waals surface area contributed by atoms with Crippen LogP contribution in [0.5, 0.6) is 0 Å². The molecule has 3 heterocycles. The van der Waals surface area contributed by atoms with Crippen LogP contribution < -0.4 is 4.90 Å². The summed E-state index contributed by atoms with van der Waals surface area (Å²) in [6, 6.07) is 9.92. The third-order valence-corrected chi connectivity index (χ3v) is 5.58. The number of morpholine rings is 1. The van der Waals surface area contributed by atoms with Gasteiger partial charge in [-0.25, -0.2) is 0 Å². The van der Waals surface area contributed by atoms with Crippen LogP contribution in [0, 0.1) is 6.92 Å². The fraction of sp³-hybridized carbons (Fsp3) is 0.364. The molecule has 1 aromatic heterocycles. The number of hydrogen-bond acceptors (Lipinski definition) is 5. The molecule has 0 radical (unpaired) electrons. The van der Waals surface area contributed by atoms with Crippen LogP contribution in [-0.2, 0) is 14.3 Å². The SMILES string of the molecule is Cc1ccc(C(O)=C2C(=O)C(=O)N(CC[NH+]3CCOCC3)[C@@H]2c2ccco2)cc1. The molecule has 2 aromatic rings. The minimum Gasteiger partial charge on any atom is -0.507 e. The Balaban J connectivity index is 1.68. The van der Waals surface area contributed by atoms with Gasteiger partial charge in [-0.3, -0.25) is 9.59 Å². The van der Waals surface area contributed by atoms with Crippen molar-refractivity contribution >= 4 is 17.4 Å². The fourth-order valence-electron chi connectivity index (χ4n) is 3.91. The number of hydrogen-bond donors (Lipinski definition) is 2. The van der Waals surface area contributed by atoms with E-state index < -0.39 is 17.7 Å². The van der Waals surface area contributed by atoms with Crippen LogP contribution >= 0.6 is 0 Å². The smallest absolute Gasteiger partial charge is 0.295 e. The highest BCUT2D eigenvalue weighted by Crippen LogP contribution is 2.39. The van der Waals surface area contributed by atoms with Crippen molar-refractivity contribution in [3.8, 4) is 0 Å². The second kappa shape index (κ2) is 8.23. The molecule has 0 aliphatic carbocycles. The molecule has 1 amide bonds. The van der Waals surface area contributed by atoms with Gasteiger partial charge in [0.25, 0.3) is 11.7 Å². The Labute approximate surface area is 169 Å². The summed E-state index contributed by atoms with van der Waals surface area (Å²) >= 11 is 0. The van der Waals surface area contributed by atoms with Crippen LogP contribution in [0.4, 0.5) is 0 Å². The Morgan fingerprint density at radius 1 is 1.17 bits per heavy atom. The molecule has 2 N–H and O–H groups in total. The number of aliphatic hydroxyl groups excluding tert-OH is 1. The third-order valence-electron chi connectivity index (χ3n) is 5.58. The van der Waals surface area contributed by atoms with Crippen LogP contribution in [0.2, 0.25) is 0 Å². The summed E-state index contributed by atoms with van der Waals surface area (Å²) < 4.78 is 10.9. The number of ketones is 1. The van der Waals surface area contributed by atoms with Crippen molar-refractivity contribution in [1.82, 2.24) is 4.90 Å². The largest absolute Gasteiger partial charge is 0.507 e. The average molecular weight is 397 g/mol. The highest BCUT2D eigenvalue weighted by Gasteiger charge is 2.47. The summed E-state index contributed by atoms with van der Waals surface area (Å²) in [6.45, 7) is 6.19. The minimum atomic E-state index is -0.730. The zero-order chi connectivity index (χ0) is 20.4. The average Bonchev–Trinajstić information content (AvgIpc) is 3.35. The van der Waals surface area contributed by atoms with Gasteiger partial charge >= 0.3 is 0 Å². The zero-order valence-corrected chi connectivity index (χ0v) is 16.4. The molecule has 2 aliphatic rings. The van der Waals surface area contributed by atoms with E-state index in [4.69, 9.17) is 9.15 Å². The predicted molar refractivity (Wildman–Crippen MR) is 105 cm³/mol. The number of nitrogens with zero attached hydrogens (tertiary/aromatic N) is 1. The number of nitrogens with one attached hydrogen (secondary N) is 1. The molecular formula is C22H25N2O5+. The van der Waals surface area contributed by atoms with Gasteiger partial charge < -0.3 is 24.1 Å². The lowest BCUT2D eigenvalue weighted by molar-refractivity contribution is -0.907. The number of Topliss-reactive ketones (excluding diaryl/α,β-unsaturated/α-hetero) is 1. The van der Waals surface area contributed by atoms with E-state index in [1.54, 1.807) is 24.3 Å². The number of quaternary nitrogens is 1. The Hall–Kier alpha value is -2.90. The quantitative estimate of drug-likeness (QED) is 0.445. The van der Waals surface area contributed by atoms with Crippen molar-refractivity contribution in [2.75, 3.05) is 39.4 Å². The highest BCUT2D eigenvalue weighted by atomic mass is 16.5. The van der Waals surface area contributed by atoms with Crippen LogP contribution in [-0.4, -0.2) is 61.1 Å². The van der Waals surface area contributed by atoms with Gasteiger partial charge in [0.05, 0.1) is 38.1 Å². The standard InChI is InChI=1S/C22H24N2O5/c1-15-4-6-16(7-5-15)20(25)18-19(17-3-2-12-29-17)24(22(27)21(18)26)9-8-23-10-13-28-14-11-23/h2-7,12,19,25H,8-11,13-14H2,1H3/p+1/t19-/m1/s1. The number of amides is 1. The highest BCUT2D eigenvalue weighted by molar-refractivity contribution is 6.46. The molecular weight excluding hydrogens is 372 g/mol. The molecule has 152 valence electrons. The van der Waals surface area contributed by atoms with Gasteiger partial charge in [-0.1, -0.05) is 29.8 Å². The van der Waals surface area contributed by atoms with E-state index in [9.17, 15) is 14.7 Å². The van der Waals surface area contributed by atoms with Crippen molar-refractivity contribution in [3.63, 3.8) is 0 Å². The molecule has 0 saturated carbocycles. The molecule has 0 spiro atoms. The molecule has 29 heavy (non-hydrogen) atoms. The lowest BCUT2D eigenvalue weighted by Crippen LogP contribution is -3.14. The first-order valence-corrected chi connectivity index (χ1v) is 9.86. The van der Waals surface area contributed by atoms with Gasteiger partial charge in [0.1, 0.15) is 30.7 Å². The molecule has 2 aliphatic heterocycles. The van der Waals surface area contributed by atoms with Crippen LogP contribution in [0.25, 0.3) is 5.76 Å². The number of aliphatic hydroxyl groups is 1. The van der Waals surface area contributed by atoms with E-state index in [0.29, 0.717) is 37.6 Å². The summed E-state index contributed by atoms with van der Waals surface area (Å²) in [6.07, 6.45) is 1.51. The van der Waals surface area contributed by atoms with E-state index in [2.05, 4.69) is 0 Å². The number of benzene rings is 1. The van der Waals surface area contributed by atoms with Crippen molar-refractivity contribution in [3.05, 3.63) is 65.1 Å². The van der Waals surface area contributed by atoms with Crippen LogP contribution in [0.3, 0.4) is 0 Å². The maximum atomic E-state index is 12.9. The van der Waals surface area contributed by atoms with E-state index in [0.717, 1.165) is 18.7 Å². The molecule has 4 rings (SSSR count). The second-order valence-corrected chi connectivity index (χ2v) is 7.49. The number of carbonyl (C=O) groups is 2. The Bertz CT molecular complexity index is 911. The molecule has 0 unspecified atom stereocenters. The second-order valence-electron chi connectivity index (χ2n) is 7.49. The Kier molecular flexibility index (Phi) is 5.51. The number of ether oxygens (including phenoxy) is 1. The molecule has 7 nitrogen and oxygen atoms in total.